The molecule has 2 aromatic carbocycles. The van der Waals surface area contributed by atoms with Gasteiger partial charge < -0.3 is 5.11 Å². The van der Waals surface area contributed by atoms with E-state index in [0.717, 1.165) is 15.6 Å². The molecule has 4 heteroatoms. The van der Waals surface area contributed by atoms with Gasteiger partial charge in [0, 0.05) is 17.3 Å². The Labute approximate surface area is 137 Å². The van der Waals surface area contributed by atoms with Crippen molar-refractivity contribution in [3.05, 3.63) is 68.1 Å². The Hall–Kier alpha value is -0.540. The third kappa shape index (κ3) is 4.23. The summed E-state index contributed by atoms with van der Waals surface area (Å²) in [4.78, 5) is 0. The van der Waals surface area contributed by atoms with Crippen molar-refractivity contribution in [2.24, 2.45) is 0 Å². The molecule has 20 heavy (non-hydrogen) atoms. The number of aliphatic hydroxyl groups is 1. The van der Waals surface area contributed by atoms with Gasteiger partial charge in [0.25, 0.3) is 0 Å². The molecular weight excluding hydrogens is 359 g/mol. The summed E-state index contributed by atoms with van der Waals surface area (Å²) in [5.41, 5.74) is 1.07. The van der Waals surface area contributed by atoms with Gasteiger partial charge in [0.1, 0.15) is 0 Å². The van der Waals surface area contributed by atoms with Gasteiger partial charge in [0.15, 0.2) is 0 Å². The zero-order chi connectivity index (χ0) is 14.8. The summed E-state index contributed by atoms with van der Waals surface area (Å²) >= 11 is 15.6. The summed E-state index contributed by atoms with van der Waals surface area (Å²) in [6.07, 6.45) is 1.02. The van der Waals surface area contributed by atoms with E-state index in [1.807, 2.05) is 43.3 Å². The van der Waals surface area contributed by atoms with Gasteiger partial charge in [-0.3, -0.25) is 0 Å². The Morgan fingerprint density at radius 3 is 2.35 bits per heavy atom. The van der Waals surface area contributed by atoms with Crippen molar-refractivity contribution in [3.63, 3.8) is 0 Å². The molecule has 0 bridgehead atoms. The van der Waals surface area contributed by atoms with Crippen molar-refractivity contribution in [2.45, 2.75) is 25.4 Å². The second-order valence-electron chi connectivity index (χ2n) is 5.19. The van der Waals surface area contributed by atoms with Crippen LogP contribution in [0.2, 0.25) is 10.0 Å². The molecule has 1 unspecified atom stereocenters. The number of halogens is 3. The van der Waals surface area contributed by atoms with E-state index in [2.05, 4.69) is 15.9 Å². The standard InChI is InChI=1S/C16H15BrCl2O/c1-16(20,9-11-5-7-13(17)8-6-11)10-12-3-2-4-14(18)15(12)19/h2-8,20H,9-10H2,1H3. The lowest BCUT2D eigenvalue weighted by Crippen LogP contribution is -2.30. The smallest absolute Gasteiger partial charge is 0.0700 e. The first-order valence-electron chi connectivity index (χ1n) is 6.27. The zero-order valence-electron chi connectivity index (χ0n) is 11.0. The minimum absolute atomic E-state index is 0.461. The van der Waals surface area contributed by atoms with E-state index < -0.39 is 5.60 Å². The molecule has 1 N–H and O–H groups in total. The fourth-order valence-corrected chi connectivity index (χ4v) is 2.85. The highest BCUT2D eigenvalue weighted by Crippen LogP contribution is 2.29. The molecule has 0 heterocycles. The van der Waals surface area contributed by atoms with Crippen molar-refractivity contribution in [2.75, 3.05) is 0 Å². The molecule has 1 nitrogen and oxygen atoms in total. The first-order chi connectivity index (χ1) is 9.37. The molecule has 1 atom stereocenters. The lowest BCUT2D eigenvalue weighted by molar-refractivity contribution is 0.0608. The SMILES string of the molecule is CC(O)(Cc1ccc(Br)cc1)Cc1cccc(Cl)c1Cl. The summed E-state index contributed by atoms with van der Waals surface area (Å²) in [5.74, 6) is 0. The van der Waals surface area contributed by atoms with Crippen molar-refractivity contribution in [3.8, 4) is 0 Å². The van der Waals surface area contributed by atoms with Gasteiger partial charge >= 0.3 is 0 Å². The molecule has 2 rings (SSSR count). The molecular formula is C16H15BrCl2O. The van der Waals surface area contributed by atoms with E-state index in [1.54, 1.807) is 6.07 Å². The molecule has 0 saturated heterocycles. The number of rotatable bonds is 4. The summed E-state index contributed by atoms with van der Waals surface area (Å²) < 4.78 is 1.03. The quantitative estimate of drug-likeness (QED) is 0.771. The van der Waals surface area contributed by atoms with E-state index >= 15 is 0 Å². The van der Waals surface area contributed by atoms with E-state index in [4.69, 9.17) is 23.2 Å². The first-order valence-corrected chi connectivity index (χ1v) is 7.82. The number of hydrogen-bond acceptors (Lipinski definition) is 1. The third-order valence-corrected chi connectivity index (χ3v) is 4.49. The topological polar surface area (TPSA) is 20.2 Å². The van der Waals surface area contributed by atoms with Crippen molar-refractivity contribution in [1.29, 1.82) is 0 Å². The van der Waals surface area contributed by atoms with Crippen LogP contribution in [0.3, 0.4) is 0 Å². The monoisotopic (exact) mass is 372 g/mol. The van der Waals surface area contributed by atoms with E-state index in [1.165, 1.54) is 0 Å². The number of benzene rings is 2. The van der Waals surface area contributed by atoms with E-state index in [9.17, 15) is 5.11 Å². The van der Waals surface area contributed by atoms with Crippen LogP contribution in [0.5, 0.6) is 0 Å². The molecule has 0 aliphatic carbocycles. The Morgan fingerprint density at radius 1 is 1.05 bits per heavy atom. The predicted molar refractivity (Wildman–Crippen MR) is 88.6 cm³/mol. The highest BCUT2D eigenvalue weighted by atomic mass is 79.9. The van der Waals surface area contributed by atoms with Crippen molar-refractivity contribution >= 4 is 39.1 Å². The molecule has 0 aliphatic rings. The predicted octanol–water partition coefficient (Wildman–Crippen LogP) is 5.29. The van der Waals surface area contributed by atoms with Crippen molar-refractivity contribution in [1.82, 2.24) is 0 Å². The highest BCUT2D eigenvalue weighted by Gasteiger charge is 2.23. The number of hydrogen-bond donors (Lipinski definition) is 1. The van der Waals surface area contributed by atoms with Gasteiger partial charge in [-0.05, 0) is 36.2 Å². The summed E-state index contributed by atoms with van der Waals surface area (Å²) in [5, 5.41) is 11.6. The minimum atomic E-state index is -0.873. The van der Waals surface area contributed by atoms with E-state index in [-0.39, 0.29) is 0 Å². The Balaban J connectivity index is 2.14. The maximum absolute atomic E-state index is 10.6. The van der Waals surface area contributed by atoms with Crippen LogP contribution in [0.1, 0.15) is 18.1 Å². The normalized spacial score (nSPS) is 14.1. The lowest BCUT2D eigenvalue weighted by atomic mass is 9.90. The average Bonchev–Trinajstić information content (AvgIpc) is 2.37. The zero-order valence-corrected chi connectivity index (χ0v) is 14.1. The third-order valence-electron chi connectivity index (χ3n) is 3.10. The van der Waals surface area contributed by atoms with Crippen LogP contribution in [-0.2, 0) is 12.8 Å². The molecule has 0 amide bonds. The Morgan fingerprint density at radius 2 is 1.70 bits per heavy atom. The summed E-state index contributed by atoms with van der Waals surface area (Å²) in [6, 6.07) is 13.4. The second kappa shape index (κ2) is 6.48. The Bertz CT molecular complexity index is 594. The fourth-order valence-electron chi connectivity index (χ4n) is 2.20. The van der Waals surface area contributed by atoms with Gasteiger partial charge in [-0.1, -0.05) is 63.4 Å². The Kier molecular flexibility index (Phi) is 5.14. The second-order valence-corrected chi connectivity index (χ2v) is 6.89. The van der Waals surface area contributed by atoms with Gasteiger partial charge in [0.2, 0.25) is 0 Å². The van der Waals surface area contributed by atoms with Gasteiger partial charge in [-0.25, -0.2) is 0 Å². The van der Waals surface area contributed by atoms with Crippen LogP contribution >= 0.6 is 39.1 Å². The molecule has 106 valence electrons. The van der Waals surface area contributed by atoms with Gasteiger partial charge in [0.05, 0.1) is 15.6 Å². The van der Waals surface area contributed by atoms with E-state index in [0.29, 0.717) is 22.9 Å². The van der Waals surface area contributed by atoms with Crippen LogP contribution in [0.25, 0.3) is 0 Å². The molecule has 0 saturated carbocycles. The highest BCUT2D eigenvalue weighted by molar-refractivity contribution is 9.10. The average molecular weight is 374 g/mol. The molecule has 2 aromatic rings. The fraction of sp³-hybridized carbons (Fsp3) is 0.250. The maximum atomic E-state index is 10.6. The first kappa shape index (κ1) is 15.8. The van der Waals surface area contributed by atoms with Crippen LogP contribution in [-0.4, -0.2) is 10.7 Å². The summed E-state index contributed by atoms with van der Waals surface area (Å²) in [7, 11) is 0. The van der Waals surface area contributed by atoms with Crippen LogP contribution < -0.4 is 0 Å². The maximum Gasteiger partial charge on any atom is 0.0700 e. The van der Waals surface area contributed by atoms with Crippen molar-refractivity contribution < 1.29 is 5.11 Å². The molecule has 0 aromatic heterocycles. The van der Waals surface area contributed by atoms with Crippen LogP contribution in [0, 0.1) is 0 Å². The van der Waals surface area contributed by atoms with Gasteiger partial charge in [-0.2, -0.15) is 0 Å². The largest absolute Gasteiger partial charge is 0.389 e. The molecule has 0 spiro atoms. The summed E-state index contributed by atoms with van der Waals surface area (Å²) in [6.45, 7) is 1.81. The van der Waals surface area contributed by atoms with Crippen LogP contribution in [0.15, 0.2) is 46.9 Å². The molecule has 0 aliphatic heterocycles. The van der Waals surface area contributed by atoms with Crippen LogP contribution in [0.4, 0.5) is 0 Å². The minimum Gasteiger partial charge on any atom is -0.389 e. The molecule has 0 radical (unpaired) electrons. The molecule has 0 fully saturated rings. The van der Waals surface area contributed by atoms with Gasteiger partial charge in [-0.15, -0.1) is 0 Å². The lowest BCUT2D eigenvalue weighted by Gasteiger charge is -2.24.